The molecule has 1 fully saturated rings. The predicted octanol–water partition coefficient (Wildman–Crippen LogP) is 1.62. The first-order chi connectivity index (χ1) is 8.54. The van der Waals surface area contributed by atoms with E-state index in [0.717, 1.165) is 30.4 Å². The van der Waals surface area contributed by atoms with Crippen molar-refractivity contribution in [2.24, 2.45) is 0 Å². The molecule has 0 saturated heterocycles. The van der Waals surface area contributed by atoms with Crippen LogP contribution in [0.2, 0.25) is 0 Å². The van der Waals surface area contributed by atoms with E-state index in [1.54, 1.807) is 0 Å². The third-order valence-electron chi connectivity index (χ3n) is 3.61. The lowest BCUT2D eigenvalue weighted by Crippen LogP contribution is -2.50. The maximum absolute atomic E-state index is 12.2. The van der Waals surface area contributed by atoms with Crippen molar-refractivity contribution in [3.05, 3.63) is 35.4 Å². The number of aliphatic carboxylic acids is 1. The highest BCUT2D eigenvalue weighted by atomic mass is 16.4. The van der Waals surface area contributed by atoms with Gasteiger partial charge in [-0.3, -0.25) is 9.59 Å². The number of nitrogens with one attached hydrogen (secondary N) is 1. The summed E-state index contributed by atoms with van der Waals surface area (Å²) in [6, 6.07) is 7.90. The van der Waals surface area contributed by atoms with Crippen LogP contribution in [-0.2, 0) is 15.0 Å². The van der Waals surface area contributed by atoms with Gasteiger partial charge in [-0.15, -0.1) is 0 Å². The van der Waals surface area contributed by atoms with Gasteiger partial charge in [0.05, 0.1) is 5.41 Å². The Morgan fingerprint density at radius 1 is 1.39 bits per heavy atom. The van der Waals surface area contributed by atoms with Crippen molar-refractivity contribution < 1.29 is 14.7 Å². The van der Waals surface area contributed by atoms with Crippen molar-refractivity contribution in [3.8, 4) is 0 Å². The molecule has 1 amide bonds. The minimum atomic E-state index is -1.01. The Morgan fingerprint density at radius 3 is 2.61 bits per heavy atom. The molecule has 1 aliphatic carbocycles. The highest BCUT2D eigenvalue weighted by molar-refractivity contribution is 5.91. The van der Waals surface area contributed by atoms with Crippen molar-refractivity contribution in [2.75, 3.05) is 6.54 Å². The number of carbonyl (C=O) groups is 2. The second-order valence-corrected chi connectivity index (χ2v) is 4.88. The van der Waals surface area contributed by atoms with Gasteiger partial charge in [-0.1, -0.05) is 36.2 Å². The second-order valence-electron chi connectivity index (χ2n) is 4.88. The third-order valence-corrected chi connectivity index (χ3v) is 3.61. The van der Waals surface area contributed by atoms with E-state index in [9.17, 15) is 9.59 Å². The van der Waals surface area contributed by atoms with E-state index in [2.05, 4.69) is 5.32 Å². The van der Waals surface area contributed by atoms with Crippen LogP contribution < -0.4 is 5.32 Å². The Kier molecular flexibility index (Phi) is 3.36. The summed E-state index contributed by atoms with van der Waals surface area (Å²) in [4.78, 5) is 22.7. The molecule has 2 rings (SSSR count). The molecule has 2 N–H and O–H groups in total. The minimum Gasteiger partial charge on any atom is -0.480 e. The molecule has 0 unspecified atom stereocenters. The zero-order chi connectivity index (χ0) is 13.2. The number of amides is 1. The van der Waals surface area contributed by atoms with Crippen LogP contribution in [0.15, 0.2) is 24.3 Å². The van der Waals surface area contributed by atoms with E-state index in [4.69, 9.17) is 5.11 Å². The monoisotopic (exact) mass is 247 g/mol. The van der Waals surface area contributed by atoms with Crippen LogP contribution in [0.1, 0.15) is 30.4 Å². The van der Waals surface area contributed by atoms with Crippen LogP contribution in [0.4, 0.5) is 0 Å². The van der Waals surface area contributed by atoms with Gasteiger partial charge in [-0.2, -0.15) is 0 Å². The molecule has 1 saturated carbocycles. The summed E-state index contributed by atoms with van der Waals surface area (Å²) in [5, 5.41) is 11.1. The number of carboxylic acids is 1. The molecule has 1 aromatic carbocycles. The first-order valence-electron chi connectivity index (χ1n) is 6.12. The lowest BCUT2D eigenvalue weighted by Gasteiger charge is -2.40. The summed E-state index contributed by atoms with van der Waals surface area (Å²) in [6.45, 7) is 1.68. The van der Waals surface area contributed by atoms with Crippen LogP contribution in [0.25, 0.3) is 0 Å². The van der Waals surface area contributed by atoms with Crippen molar-refractivity contribution >= 4 is 11.9 Å². The largest absolute Gasteiger partial charge is 0.480 e. The molecule has 4 heteroatoms. The highest BCUT2D eigenvalue weighted by Crippen LogP contribution is 2.44. The standard InChI is InChI=1S/C14H17NO3/c1-10-4-2-5-11(8-10)14(6-3-7-14)13(18)15-9-12(16)17/h2,4-5,8H,3,6-7,9H2,1H3,(H,15,18)(H,16,17). The Labute approximate surface area is 106 Å². The molecule has 1 aromatic rings. The van der Waals surface area contributed by atoms with Crippen LogP contribution in [0.3, 0.4) is 0 Å². The predicted molar refractivity (Wildman–Crippen MR) is 67.4 cm³/mol. The van der Waals surface area contributed by atoms with Crippen LogP contribution in [0, 0.1) is 6.92 Å². The summed E-state index contributed by atoms with van der Waals surface area (Å²) in [5.74, 6) is -1.18. The van der Waals surface area contributed by atoms with Gasteiger partial charge >= 0.3 is 5.97 Å². The van der Waals surface area contributed by atoms with E-state index in [0.29, 0.717) is 0 Å². The molecular formula is C14H17NO3. The molecule has 4 nitrogen and oxygen atoms in total. The summed E-state index contributed by atoms with van der Waals surface area (Å²) in [6.07, 6.45) is 2.60. The lowest BCUT2D eigenvalue weighted by atomic mass is 9.63. The maximum atomic E-state index is 12.2. The summed E-state index contributed by atoms with van der Waals surface area (Å²) in [7, 11) is 0. The quantitative estimate of drug-likeness (QED) is 0.849. The smallest absolute Gasteiger partial charge is 0.322 e. The second kappa shape index (κ2) is 4.80. The van der Waals surface area contributed by atoms with E-state index in [-0.39, 0.29) is 12.5 Å². The average molecular weight is 247 g/mol. The first kappa shape index (κ1) is 12.6. The van der Waals surface area contributed by atoms with Gasteiger partial charge in [-0.05, 0) is 25.3 Å². The Morgan fingerprint density at radius 2 is 2.11 bits per heavy atom. The summed E-state index contributed by atoms with van der Waals surface area (Å²) >= 11 is 0. The van der Waals surface area contributed by atoms with E-state index >= 15 is 0 Å². The molecule has 0 radical (unpaired) electrons. The zero-order valence-electron chi connectivity index (χ0n) is 10.4. The number of carbonyl (C=O) groups excluding carboxylic acids is 1. The Bertz CT molecular complexity index is 478. The molecule has 0 aliphatic heterocycles. The van der Waals surface area contributed by atoms with E-state index in [1.165, 1.54) is 0 Å². The van der Waals surface area contributed by atoms with Crippen LogP contribution in [-0.4, -0.2) is 23.5 Å². The van der Waals surface area contributed by atoms with Gasteiger partial charge in [0.1, 0.15) is 6.54 Å². The number of hydrogen-bond acceptors (Lipinski definition) is 2. The third kappa shape index (κ3) is 2.23. The SMILES string of the molecule is Cc1cccc(C2(C(=O)NCC(=O)O)CCC2)c1. The molecule has 0 spiro atoms. The molecule has 0 aromatic heterocycles. The number of rotatable bonds is 4. The maximum Gasteiger partial charge on any atom is 0.322 e. The molecule has 1 aliphatic rings. The highest BCUT2D eigenvalue weighted by Gasteiger charge is 2.45. The topological polar surface area (TPSA) is 66.4 Å². The van der Waals surface area contributed by atoms with Crippen molar-refractivity contribution in [1.29, 1.82) is 0 Å². The zero-order valence-corrected chi connectivity index (χ0v) is 10.4. The van der Waals surface area contributed by atoms with Crippen molar-refractivity contribution in [3.63, 3.8) is 0 Å². The van der Waals surface area contributed by atoms with Crippen molar-refractivity contribution in [2.45, 2.75) is 31.6 Å². The molecule has 18 heavy (non-hydrogen) atoms. The van der Waals surface area contributed by atoms with Gasteiger partial charge in [0.15, 0.2) is 0 Å². The fourth-order valence-corrected chi connectivity index (χ4v) is 2.44. The number of hydrogen-bond donors (Lipinski definition) is 2. The van der Waals surface area contributed by atoms with Gasteiger partial charge in [0.2, 0.25) is 5.91 Å². The molecule has 96 valence electrons. The minimum absolute atomic E-state index is 0.165. The summed E-state index contributed by atoms with van der Waals surface area (Å²) < 4.78 is 0. The fraction of sp³-hybridized carbons (Fsp3) is 0.429. The van der Waals surface area contributed by atoms with Crippen LogP contribution >= 0.6 is 0 Å². The van der Waals surface area contributed by atoms with Gasteiger partial charge < -0.3 is 10.4 Å². The Balaban J connectivity index is 2.20. The van der Waals surface area contributed by atoms with E-state index in [1.807, 2.05) is 31.2 Å². The molecule has 0 heterocycles. The van der Waals surface area contributed by atoms with E-state index < -0.39 is 11.4 Å². The first-order valence-corrected chi connectivity index (χ1v) is 6.12. The molecule has 0 bridgehead atoms. The fourth-order valence-electron chi connectivity index (χ4n) is 2.44. The van der Waals surface area contributed by atoms with Crippen molar-refractivity contribution in [1.82, 2.24) is 5.32 Å². The molecular weight excluding hydrogens is 230 g/mol. The van der Waals surface area contributed by atoms with Gasteiger partial charge in [0, 0.05) is 0 Å². The van der Waals surface area contributed by atoms with Gasteiger partial charge in [0.25, 0.3) is 0 Å². The molecule has 0 atom stereocenters. The summed E-state index contributed by atoms with van der Waals surface area (Å²) in [5.41, 5.74) is 1.60. The number of benzene rings is 1. The van der Waals surface area contributed by atoms with Crippen LogP contribution in [0.5, 0.6) is 0 Å². The normalized spacial score (nSPS) is 16.7. The number of carboxylic acid groups (broad SMARTS) is 1. The van der Waals surface area contributed by atoms with Gasteiger partial charge in [-0.25, -0.2) is 0 Å². The number of aryl methyl sites for hydroxylation is 1. The average Bonchev–Trinajstić information content (AvgIpc) is 2.25. The Hall–Kier alpha value is -1.84. The lowest BCUT2D eigenvalue weighted by molar-refractivity contribution is -0.139.